The van der Waals surface area contributed by atoms with Gasteiger partial charge in [-0.25, -0.2) is 9.97 Å². The Morgan fingerprint density at radius 2 is 1.18 bits per heavy atom. The van der Waals surface area contributed by atoms with Crippen LogP contribution in [-0.2, 0) is 0 Å². The molecule has 0 saturated heterocycles. The zero-order chi connectivity index (χ0) is 29.5. The number of hydrogen-bond acceptors (Lipinski definition) is 4. The van der Waals surface area contributed by atoms with Gasteiger partial charge in [-0.3, -0.25) is 0 Å². The molecule has 0 unspecified atom stereocenters. The first-order valence-electron chi connectivity index (χ1n) is 15.0. The van der Waals surface area contributed by atoms with Crippen molar-refractivity contribution in [3.63, 3.8) is 0 Å². The largest absolute Gasteiger partial charge is 0.309 e. The van der Waals surface area contributed by atoms with Crippen LogP contribution in [0.2, 0.25) is 0 Å². The van der Waals surface area contributed by atoms with Crippen molar-refractivity contribution >= 4 is 85.0 Å². The molecule has 4 heterocycles. The molecule has 3 nitrogen and oxygen atoms in total. The number of para-hydroxylation sites is 2. The van der Waals surface area contributed by atoms with Gasteiger partial charge in [0.2, 0.25) is 0 Å². The summed E-state index contributed by atoms with van der Waals surface area (Å²) >= 11 is 3.67. The molecule has 0 fully saturated rings. The van der Waals surface area contributed by atoms with Gasteiger partial charge in [0.25, 0.3) is 0 Å². The van der Waals surface area contributed by atoms with E-state index in [-0.39, 0.29) is 0 Å². The van der Waals surface area contributed by atoms with Gasteiger partial charge in [0, 0.05) is 57.8 Å². The fourth-order valence-electron chi connectivity index (χ4n) is 6.84. The first-order chi connectivity index (χ1) is 22.3. The van der Waals surface area contributed by atoms with E-state index in [0.717, 1.165) is 32.9 Å². The smallest absolute Gasteiger partial charge is 0.160 e. The van der Waals surface area contributed by atoms with Crippen LogP contribution in [0, 0.1) is 0 Å². The van der Waals surface area contributed by atoms with E-state index in [1.807, 2.05) is 17.4 Å². The van der Waals surface area contributed by atoms with Gasteiger partial charge >= 0.3 is 0 Å². The lowest BCUT2D eigenvalue weighted by molar-refractivity contribution is 1.18. The molecule has 0 radical (unpaired) electrons. The van der Waals surface area contributed by atoms with Crippen molar-refractivity contribution in [1.82, 2.24) is 14.5 Å². The molecule has 0 N–H and O–H groups in total. The fourth-order valence-corrected chi connectivity index (χ4v) is 9.36. The number of hydrogen-bond donors (Lipinski definition) is 0. The van der Waals surface area contributed by atoms with Crippen molar-refractivity contribution in [2.45, 2.75) is 0 Å². The van der Waals surface area contributed by atoms with Crippen molar-refractivity contribution in [3.05, 3.63) is 140 Å². The average Bonchev–Trinajstić information content (AvgIpc) is 3.78. The Kier molecular flexibility index (Phi) is 5.32. The molecule has 4 aromatic heterocycles. The molecular weight excluding hydrogens is 587 g/mol. The minimum Gasteiger partial charge on any atom is -0.309 e. The monoisotopic (exact) mass is 609 g/mol. The third kappa shape index (κ3) is 3.62. The zero-order valence-corrected chi connectivity index (χ0v) is 25.6. The fraction of sp³-hybridized carbons (Fsp3) is 0. The van der Waals surface area contributed by atoms with Crippen LogP contribution >= 0.6 is 22.7 Å². The normalized spacial score (nSPS) is 12.0. The van der Waals surface area contributed by atoms with E-state index in [0.29, 0.717) is 0 Å². The minimum absolute atomic E-state index is 0.757. The summed E-state index contributed by atoms with van der Waals surface area (Å²) in [6.45, 7) is 0. The summed E-state index contributed by atoms with van der Waals surface area (Å²) in [6.07, 6.45) is 0. The molecule has 45 heavy (non-hydrogen) atoms. The number of nitrogens with zero attached hydrogens (tertiary/aromatic N) is 3. The van der Waals surface area contributed by atoms with Gasteiger partial charge in [0.1, 0.15) is 0 Å². The quantitative estimate of drug-likeness (QED) is 0.199. The van der Waals surface area contributed by atoms with E-state index in [2.05, 4.69) is 138 Å². The molecule has 0 spiro atoms. The molecule has 0 aliphatic heterocycles. The second-order valence-corrected chi connectivity index (χ2v) is 13.4. The van der Waals surface area contributed by atoms with Gasteiger partial charge in [-0.2, -0.15) is 0 Å². The second kappa shape index (κ2) is 9.57. The van der Waals surface area contributed by atoms with Crippen LogP contribution in [0.5, 0.6) is 0 Å². The highest BCUT2D eigenvalue weighted by Crippen LogP contribution is 2.47. The van der Waals surface area contributed by atoms with Crippen LogP contribution in [0.4, 0.5) is 0 Å². The number of rotatable bonds is 3. The zero-order valence-electron chi connectivity index (χ0n) is 23.9. The number of thiophene rings is 2. The van der Waals surface area contributed by atoms with Gasteiger partial charge < -0.3 is 4.57 Å². The maximum atomic E-state index is 5.31. The molecule has 10 rings (SSSR count). The number of benzene rings is 6. The van der Waals surface area contributed by atoms with Gasteiger partial charge in [0.05, 0.1) is 26.9 Å². The SMILES string of the molecule is c1ccc(-c2nc(-c3cccc4c3sc3c4ccc4c3c3ccccc3n4-c3ccccc3)c3sc4ccccc4c3n2)cc1. The minimum atomic E-state index is 0.757. The van der Waals surface area contributed by atoms with Crippen molar-refractivity contribution in [2.75, 3.05) is 0 Å². The Morgan fingerprint density at radius 3 is 2.04 bits per heavy atom. The summed E-state index contributed by atoms with van der Waals surface area (Å²) in [5, 5.41) is 6.30. The number of aromatic nitrogens is 3. The predicted octanol–water partition coefficient (Wildman–Crippen LogP) is 11.6. The third-order valence-corrected chi connectivity index (χ3v) is 11.3. The van der Waals surface area contributed by atoms with Gasteiger partial charge in [-0.15, -0.1) is 22.7 Å². The molecule has 5 heteroatoms. The Labute approximate surface area is 266 Å². The van der Waals surface area contributed by atoms with Crippen LogP contribution < -0.4 is 0 Å². The average molecular weight is 610 g/mol. The second-order valence-electron chi connectivity index (χ2n) is 11.3. The molecule has 0 bridgehead atoms. The third-order valence-electron chi connectivity index (χ3n) is 8.82. The van der Waals surface area contributed by atoms with E-state index >= 15 is 0 Å². The molecule has 0 atom stereocenters. The van der Waals surface area contributed by atoms with E-state index in [9.17, 15) is 0 Å². The maximum absolute atomic E-state index is 5.31. The Bertz CT molecular complexity index is 2750. The van der Waals surface area contributed by atoms with Gasteiger partial charge in [-0.1, -0.05) is 109 Å². The predicted molar refractivity (Wildman–Crippen MR) is 193 cm³/mol. The highest BCUT2D eigenvalue weighted by atomic mass is 32.1. The molecule has 0 saturated carbocycles. The molecule has 10 aromatic rings. The van der Waals surface area contributed by atoms with E-state index in [4.69, 9.17) is 9.97 Å². The van der Waals surface area contributed by atoms with Crippen LogP contribution in [0.3, 0.4) is 0 Å². The summed E-state index contributed by atoms with van der Waals surface area (Å²) in [5.41, 5.74) is 7.82. The van der Waals surface area contributed by atoms with Crippen LogP contribution in [-0.4, -0.2) is 14.5 Å². The lowest BCUT2D eigenvalue weighted by Gasteiger charge is -2.08. The van der Waals surface area contributed by atoms with E-state index in [1.54, 1.807) is 11.3 Å². The first kappa shape index (κ1) is 25.0. The lowest BCUT2D eigenvalue weighted by atomic mass is 10.0. The summed E-state index contributed by atoms with van der Waals surface area (Å²) in [5.74, 6) is 0.757. The molecule has 0 aliphatic carbocycles. The Hall–Kier alpha value is -5.36. The van der Waals surface area contributed by atoms with Crippen LogP contribution in [0.25, 0.3) is 90.6 Å². The molecular formula is C40H23N3S2. The van der Waals surface area contributed by atoms with E-state index in [1.165, 1.54) is 57.8 Å². The highest BCUT2D eigenvalue weighted by molar-refractivity contribution is 7.28. The first-order valence-corrected chi connectivity index (χ1v) is 16.6. The number of fused-ring (bicyclic) bond motifs is 10. The van der Waals surface area contributed by atoms with E-state index < -0.39 is 0 Å². The molecule has 6 aromatic carbocycles. The van der Waals surface area contributed by atoms with Crippen molar-refractivity contribution in [1.29, 1.82) is 0 Å². The van der Waals surface area contributed by atoms with Crippen molar-refractivity contribution < 1.29 is 0 Å². The molecule has 210 valence electrons. The standard InChI is InChI=1S/C40H23N3S2/c1-3-12-24(13-4-1)40-41-35-29-17-8-10-21-33(29)44-39(35)36(42-40)30-19-11-18-26-27-22-23-32-34(38(27)45-37(26)30)28-16-7-9-20-31(28)43(32)25-14-5-2-6-15-25/h1-23H. The molecule has 0 aliphatic rings. The highest BCUT2D eigenvalue weighted by Gasteiger charge is 2.22. The lowest BCUT2D eigenvalue weighted by Crippen LogP contribution is -1.93. The van der Waals surface area contributed by atoms with Gasteiger partial charge in [-0.05, 0) is 30.3 Å². The van der Waals surface area contributed by atoms with Gasteiger partial charge in [0.15, 0.2) is 5.82 Å². The maximum Gasteiger partial charge on any atom is 0.160 e. The van der Waals surface area contributed by atoms with Crippen molar-refractivity contribution in [2.24, 2.45) is 0 Å². The summed E-state index contributed by atoms with van der Waals surface area (Å²) in [7, 11) is 0. The van der Waals surface area contributed by atoms with Crippen LogP contribution in [0.1, 0.15) is 0 Å². The molecule has 0 amide bonds. The Morgan fingerprint density at radius 1 is 0.467 bits per heavy atom. The summed E-state index contributed by atoms with van der Waals surface area (Å²) in [4.78, 5) is 10.5. The topological polar surface area (TPSA) is 30.7 Å². The summed E-state index contributed by atoms with van der Waals surface area (Å²) in [6, 6.07) is 49.7. The van der Waals surface area contributed by atoms with Crippen LogP contribution in [0.15, 0.2) is 140 Å². The van der Waals surface area contributed by atoms with Crippen molar-refractivity contribution in [3.8, 4) is 28.3 Å². The summed E-state index contributed by atoms with van der Waals surface area (Å²) < 4.78 is 7.32. The Balaban J connectivity index is 1.32.